The summed E-state index contributed by atoms with van der Waals surface area (Å²) in [5.74, 6) is -6.72. The number of ether oxygens (including phenoxy) is 2. The van der Waals surface area contributed by atoms with Crippen LogP contribution in [0.25, 0.3) is 0 Å². The Kier molecular flexibility index (Phi) is 5.94. The molecule has 1 atom stereocenters. The molecule has 0 aromatic carbocycles. The second-order valence-electron chi connectivity index (χ2n) is 4.42. The number of carbonyl (C=O) groups is 2. The smallest absolute Gasteiger partial charge is 0.380 e. The fraction of sp³-hybridized carbons (Fsp3) is 0.667. The molecule has 104 valence electrons. The zero-order valence-electron chi connectivity index (χ0n) is 11.0. The van der Waals surface area contributed by atoms with E-state index in [1.165, 1.54) is 6.92 Å². The SMILES string of the molecule is C=C(C)C(=O)OC(CC(C)C)C(F)(F)C(=O)OC. The van der Waals surface area contributed by atoms with Crippen molar-refractivity contribution in [3.05, 3.63) is 12.2 Å². The topological polar surface area (TPSA) is 52.6 Å². The van der Waals surface area contributed by atoms with E-state index in [2.05, 4.69) is 16.1 Å². The van der Waals surface area contributed by atoms with Gasteiger partial charge in [-0.2, -0.15) is 8.78 Å². The average Bonchev–Trinajstić information content (AvgIpc) is 2.25. The summed E-state index contributed by atoms with van der Waals surface area (Å²) in [6.07, 6.45) is -2.00. The molecule has 0 saturated heterocycles. The predicted molar refractivity (Wildman–Crippen MR) is 61.1 cm³/mol. The van der Waals surface area contributed by atoms with Crippen LogP contribution in [0.4, 0.5) is 8.78 Å². The highest BCUT2D eigenvalue weighted by Gasteiger charge is 2.51. The van der Waals surface area contributed by atoms with Crippen LogP contribution in [-0.4, -0.2) is 31.1 Å². The highest BCUT2D eigenvalue weighted by atomic mass is 19.3. The highest BCUT2D eigenvalue weighted by Crippen LogP contribution is 2.28. The fourth-order valence-electron chi connectivity index (χ4n) is 1.20. The third kappa shape index (κ3) is 4.43. The lowest BCUT2D eigenvalue weighted by Gasteiger charge is -2.26. The molecule has 18 heavy (non-hydrogen) atoms. The first-order valence-corrected chi connectivity index (χ1v) is 5.45. The Morgan fingerprint density at radius 1 is 1.33 bits per heavy atom. The minimum atomic E-state index is -3.87. The van der Waals surface area contributed by atoms with Crippen molar-refractivity contribution in [3.63, 3.8) is 0 Å². The third-order valence-corrected chi connectivity index (χ3v) is 2.15. The summed E-state index contributed by atoms with van der Waals surface area (Å²) < 4.78 is 36.0. The van der Waals surface area contributed by atoms with Crippen molar-refractivity contribution in [2.75, 3.05) is 7.11 Å². The van der Waals surface area contributed by atoms with Gasteiger partial charge in [0.25, 0.3) is 0 Å². The Balaban J connectivity index is 5.04. The van der Waals surface area contributed by atoms with Gasteiger partial charge in [-0.3, -0.25) is 0 Å². The van der Waals surface area contributed by atoms with E-state index in [-0.39, 0.29) is 17.9 Å². The van der Waals surface area contributed by atoms with Crippen molar-refractivity contribution >= 4 is 11.9 Å². The van der Waals surface area contributed by atoms with Crippen LogP contribution in [0.2, 0.25) is 0 Å². The van der Waals surface area contributed by atoms with Crippen LogP contribution in [0.1, 0.15) is 27.2 Å². The van der Waals surface area contributed by atoms with Gasteiger partial charge >= 0.3 is 17.9 Å². The largest absolute Gasteiger partial charge is 0.464 e. The van der Waals surface area contributed by atoms with E-state index in [9.17, 15) is 18.4 Å². The van der Waals surface area contributed by atoms with Crippen molar-refractivity contribution in [1.82, 2.24) is 0 Å². The molecule has 0 spiro atoms. The van der Waals surface area contributed by atoms with Gasteiger partial charge in [-0.25, -0.2) is 9.59 Å². The lowest BCUT2D eigenvalue weighted by atomic mass is 10.0. The molecule has 0 aliphatic heterocycles. The lowest BCUT2D eigenvalue weighted by Crippen LogP contribution is -2.45. The highest BCUT2D eigenvalue weighted by molar-refractivity contribution is 5.87. The first kappa shape index (κ1) is 16.5. The van der Waals surface area contributed by atoms with Gasteiger partial charge in [0.15, 0.2) is 6.10 Å². The van der Waals surface area contributed by atoms with Crippen LogP contribution in [0.15, 0.2) is 12.2 Å². The van der Waals surface area contributed by atoms with E-state index < -0.39 is 24.0 Å². The second-order valence-corrected chi connectivity index (χ2v) is 4.42. The summed E-state index contributed by atoms with van der Waals surface area (Å²) >= 11 is 0. The Morgan fingerprint density at radius 2 is 1.83 bits per heavy atom. The van der Waals surface area contributed by atoms with Gasteiger partial charge in [-0.15, -0.1) is 0 Å². The average molecular weight is 264 g/mol. The van der Waals surface area contributed by atoms with Gasteiger partial charge in [-0.1, -0.05) is 20.4 Å². The molecule has 0 amide bonds. The summed E-state index contributed by atoms with van der Waals surface area (Å²) in [5, 5.41) is 0. The molecule has 1 unspecified atom stereocenters. The van der Waals surface area contributed by atoms with Crippen LogP contribution >= 0.6 is 0 Å². The molecule has 4 nitrogen and oxygen atoms in total. The zero-order chi connectivity index (χ0) is 14.5. The maximum absolute atomic E-state index is 13.7. The maximum atomic E-state index is 13.7. The quantitative estimate of drug-likeness (QED) is 0.545. The van der Waals surface area contributed by atoms with Crippen LogP contribution in [0, 0.1) is 5.92 Å². The van der Waals surface area contributed by atoms with Gasteiger partial charge < -0.3 is 9.47 Å². The molecule has 0 bridgehead atoms. The molecule has 0 radical (unpaired) electrons. The molecule has 0 aromatic rings. The number of carbonyl (C=O) groups excluding carboxylic acids is 2. The molecule has 6 heteroatoms. The Labute approximate surface area is 105 Å². The molecule has 0 aromatic heterocycles. The van der Waals surface area contributed by atoms with Crippen LogP contribution in [0.5, 0.6) is 0 Å². The zero-order valence-corrected chi connectivity index (χ0v) is 11.0. The summed E-state index contributed by atoms with van der Waals surface area (Å²) in [7, 11) is 0.850. The Bertz CT molecular complexity index is 337. The van der Waals surface area contributed by atoms with E-state index in [0.717, 1.165) is 7.11 Å². The minimum absolute atomic E-state index is 0.00979. The van der Waals surface area contributed by atoms with Gasteiger partial charge in [0.1, 0.15) is 0 Å². The van der Waals surface area contributed by atoms with E-state index in [1.54, 1.807) is 13.8 Å². The summed E-state index contributed by atoms with van der Waals surface area (Å²) in [6.45, 7) is 7.99. The van der Waals surface area contributed by atoms with Gasteiger partial charge in [-0.05, 0) is 19.3 Å². The van der Waals surface area contributed by atoms with Crippen LogP contribution in [-0.2, 0) is 19.1 Å². The molecular formula is C12H18F2O4. The molecule has 0 heterocycles. The standard InChI is InChI=1S/C12H18F2O4/c1-7(2)6-9(18-10(15)8(3)4)12(13,14)11(16)17-5/h7,9H,3,6H2,1-2,4-5H3. The molecule has 0 rings (SSSR count). The molecule has 0 N–H and O–H groups in total. The molecule has 0 aliphatic rings. The number of hydrogen-bond donors (Lipinski definition) is 0. The molecule has 0 fully saturated rings. The first-order valence-electron chi connectivity index (χ1n) is 5.45. The number of esters is 2. The molecular weight excluding hydrogens is 246 g/mol. The normalized spacial score (nSPS) is 13.1. The number of methoxy groups -OCH3 is 1. The molecule has 0 saturated carbocycles. The number of hydrogen-bond acceptors (Lipinski definition) is 4. The van der Waals surface area contributed by atoms with Crippen molar-refractivity contribution < 1.29 is 27.8 Å². The lowest BCUT2D eigenvalue weighted by molar-refractivity contribution is -0.196. The molecule has 0 aliphatic carbocycles. The van der Waals surface area contributed by atoms with E-state index in [4.69, 9.17) is 0 Å². The Morgan fingerprint density at radius 3 is 2.17 bits per heavy atom. The first-order chi connectivity index (χ1) is 8.12. The monoisotopic (exact) mass is 264 g/mol. The summed E-state index contributed by atoms with van der Waals surface area (Å²) in [5.41, 5.74) is -0.00979. The Hall–Kier alpha value is -1.46. The number of halogens is 2. The van der Waals surface area contributed by atoms with Crippen LogP contribution < -0.4 is 0 Å². The summed E-state index contributed by atoms with van der Waals surface area (Å²) in [4.78, 5) is 22.3. The van der Waals surface area contributed by atoms with E-state index in [1.807, 2.05) is 0 Å². The predicted octanol–water partition coefficient (Wildman–Crippen LogP) is 2.33. The summed E-state index contributed by atoms with van der Waals surface area (Å²) in [6, 6.07) is 0. The van der Waals surface area contributed by atoms with Crippen molar-refractivity contribution in [2.24, 2.45) is 5.92 Å². The number of rotatable bonds is 6. The van der Waals surface area contributed by atoms with Gasteiger partial charge in [0.05, 0.1) is 7.11 Å². The van der Waals surface area contributed by atoms with Crippen LogP contribution in [0.3, 0.4) is 0 Å². The van der Waals surface area contributed by atoms with E-state index >= 15 is 0 Å². The fourth-order valence-corrected chi connectivity index (χ4v) is 1.20. The second kappa shape index (κ2) is 6.47. The van der Waals surface area contributed by atoms with Crippen molar-refractivity contribution in [1.29, 1.82) is 0 Å². The van der Waals surface area contributed by atoms with Crippen molar-refractivity contribution in [2.45, 2.75) is 39.2 Å². The van der Waals surface area contributed by atoms with Gasteiger partial charge in [0, 0.05) is 5.57 Å². The minimum Gasteiger partial charge on any atom is -0.464 e. The van der Waals surface area contributed by atoms with E-state index in [0.29, 0.717) is 0 Å². The third-order valence-electron chi connectivity index (χ3n) is 2.15. The van der Waals surface area contributed by atoms with Gasteiger partial charge in [0.2, 0.25) is 0 Å². The van der Waals surface area contributed by atoms with Crippen molar-refractivity contribution in [3.8, 4) is 0 Å². The maximum Gasteiger partial charge on any atom is 0.380 e. The number of alkyl halides is 2.